The van der Waals surface area contributed by atoms with Crippen molar-refractivity contribution in [3.05, 3.63) is 36.5 Å². The molecule has 0 aliphatic heterocycles. The zero-order chi connectivity index (χ0) is 10.6. The van der Waals surface area contributed by atoms with Crippen LogP contribution in [0, 0.1) is 0 Å². The van der Waals surface area contributed by atoms with Gasteiger partial charge in [0.15, 0.2) is 11.5 Å². The van der Waals surface area contributed by atoms with Crippen molar-refractivity contribution in [2.75, 3.05) is 0 Å². The summed E-state index contributed by atoms with van der Waals surface area (Å²) in [7, 11) is 0. The molecule has 0 unspecified atom stereocenters. The van der Waals surface area contributed by atoms with Crippen molar-refractivity contribution in [3.63, 3.8) is 0 Å². The Hall–Kier alpha value is -1.97. The summed E-state index contributed by atoms with van der Waals surface area (Å²) >= 11 is 0. The maximum atomic E-state index is 11.1. The van der Waals surface area contributed by atoms with Crippen molar-refractivity contribution in [2.45, 2.75) is 6.42 Å². The number of rotatable bonds is 3. The van der Waals surface area contributed by atoms with Crippen LogP contribution in [-0.4, -0.2) is 16.1 Å². The Morgan fingerprint density at radius 1 is 1.43 bits per heavy atom. The molecular formula is C10H11NO3. The van der Waals surface area contributed by atoms with Gasteiger partial charge in [0, 0.05) is 0 Å². The lowest BCUT2D eigenvalue weighted by atomic mass is 10.1. The number of hydrogen-bond donors (Lipinski definition) is 3. The fourth-order valence-electron chi connectivity index (χ4n) is 1.03. The first-order chi connectivity index (χ1) is 6.63. The number of phenols is 2. The molecule has 4 nitrogen and oxygen atoms in total. The highest BCUT2D eigenvalue weighted by atomic mass is 16.3. The number of amides is 1. The number of aromatic hydroxyl groups is 2. The highest BCUT2D eigenvalue weighted by molar-refractivity contribution is 5.79. The predicted octanol–water partition coefficient (Wildman–Crippen LogP) is 0.900. The smallest absolute Gasteiger partial charge is 0.228 e. The zero-order valence-electron chi connectivity index (χ0n) is 7.53. The van der Waals surface area contributed by atoms with E-state index in [1.807, 2.05) is 0 Å². The van der Waals surface area contributed by atoms with Crippen LogP contribution < -0.4 is 5.32 Å². The van der Waals surface area contributed by atoms with Crippen LogP contribution in [0.5, 0.6) is 11.5 Å². The minimum atomic E-state index is -0.228. The summed E-state index contributed by atoms with van der Waals surface area (Å²) < 4.78 is 0. The fraction of sp³-hybridized carbons (Fsp3) is 0.100. The van der Waals surface area contributed by atoms with Crippen LogP contribution in [0.15, 0.2) is 31.0 Å². The Morgan fingerprint density at radius 3 is 2.71 bits per heavy atom. The molecule has 3 N–H and O–H groups in total. The summed E-state index contributed by atoms with van der Waals surface area (Å²) in [4.78, 5) is 11.1. The number of carbonyl (C=O) groups excluding carboxylic acids is 1. The second kappa shape index (κ2) is 4.32. The van der Waals surface area contributed by atoms with E-state index in [4.69, 9.17) is 10.2 Å². The SMILES string of the molecule is C=CNC(=O)Cc1ccc(O)c(O)c1. The second-order valence-electron chi connectivity index (χ2n) is 2.77. The Kier molecular flexibility index (Phi) is 3.12. The van der Waals surface area contributed by atoms with Crippen LogP contribution in [0.2, 0.25) is 0 Å². The third-order valence-corrected chi connectivity index (χ3v) is 1.67. The average Bonchev–Trinajstić information content (AvgIpc) is 2.12. The topological polar surface area (TPSA) is 69.6 Å². The minimum absolute atomic E-state index is 0.139. The molecule has 1 amide bonds. The predicted molar refractivity (Wildman–Crippen MR) is 51.8 cm³/mol. The molecule has 74 valence electrons. The summed E-state index contributed by atoms with van der Waals surface area (Å²) in [5.41, 5.74) is 0.625. The molecule has 0 bridgehead atoms. The van der Waals surface area contributed by atoms with E-state index in [0.717, 1.165) is 0 Å². The van der Waals surface area contributed by atoms with Crippen molar-refractivity contribution in [1.29, 1.82) is 0 Å². The first-order valence-electron chi connectivity index (χ1n) is 4.04. The van der Waals surface area contributed by atoms with Crippen molar-refractivity contribution < 1.29 is 15.0 Å². The van der Waals surface area contributed by atoms with E-state index in [1.54, 1.807) is 6.07 Å². The molecule has 0 spiro atoms. The monoisotopic (exact) mass is 193 g/mol. The molecule has 1 aromatic rings. The van der Waals surface area contributed by atoms with E-state index in [-0.39, 0.29) is 23.8 Å². The third-order valence-electron chi connectivity index (χ3n) is 1.67. The lowest BCUT2D eigenvalue weighted by molar-refractivity contribution is -0.119. The van der Waals surface area contributed by atoms with Gasteiger partial charge in [-0.2, -0.15) is 0 Å². The minimum Gasteiger partial charge on any atom is -0.504 e. The molecule has 0 aliphatic rings. The van der Waals surface area contributed by atoms with Gasteiger partial charge in [0.1, 0.15) is 0 Å². The molecule has 0 aromatic heterocycles. The van der Waals surface area contributed by atoms with E-state index >= 15 is 0 Å². The van der Waals surface area contributed by atoms with Gasteiger partial charge in [-0.05, 0) is 23.9 Å². The molecule has 0 saturated heterocycles. The van der Waals surface area contributed by atoms with Crippen LogP contribution in [0.1, 0.15) is 5.56 Å². The molecule has 0 saturated carbocycles. The summed E-state index contributed by atoms with van der Waals surface area (Å²) in [6.45, 7) is 3.35. The molecule has 0 atom stereocenters. The largest absolute Gasteiger partial charge is 0.504 e. The molecule has 1 rings (SSSR count). The normalized spacial score (nSPS) is 9.43. The van der Waals surface area contributed by atoms with Crippen molar-refractivity contribution in [2.24, 2.45) is 0 Å². The van der Waals surface area contributed by atoms with Gasteiger partial charge in [-0.3, -0.25) is 4.79 Å². The lowest BCUT2D eigenvalue weighted by Crippen LogP contribution is -2.18. The molecule has 14 heavy (non-hydrogen) atoms. The second-order valence-corrected chi connectivity index (χ2v) is 2.77. The van der Waals surface area contributed by atoms with Crippen LogP contribution in [0.25, 0.3) is 0 Å². The van der Waals surface area contributed by atoms with Crippen LogP contribution in [0.3, 0.4) is 0 Å². The van der Waals surface area contributed by atoms with E-state index in [0.29, 0.717) is 5.56 Å². The Bertz CT molecular complexity index is 360. The fourth-order valence-corrected chi connectivity index (χ4v) is 1.03. The Morgan fingerprint density at radius 2 is 2.14 bits per heavy atom. The molecule has 0 radical (unpaired) electrons. The molecule has 0 aliphatic carbocycles. The van der Waals surface area contributed by atoms with Gasteiger partial charge < -0.3 is 15.5 Å². The maximum Gasteiger partial charge on any atom is 0.228 e. The van der Waals surface area contributed by atoms with Crippen molar-refractivity contribution in [3.8, 4) is 11.5 Å². The number of hydrogen-bond acceptors (Lipinski definition) is 3. The standard InChI is InChI=1S/C10H11NO3/c1-2-11-10(14)6-7-3-4-8(12)9(13)5-7/h2-5,12-13H,1,6H2,(H,11,14). The summed E-state index contributed by atoms with van der Waals surface area (Å²) in [5.74, 6) is -0.642. The maximum absolute atomic E-state index is 11.1. The van der Waals surface area contributed by atoms with Gasteiger partial charge in [-0.25, -0.2) is 0 Å². The van der Waals surface area contributed by atoms with Crippen molar-refractivity contribution in [1.82, 2.24) is 5.32 Å². The van der Waals surface area contributed by atoms with E-state index < -0.39 is 0 Å². The Labute approximate surface area is 81.5 Å². The van der Waals surface area contributed by atoms with E-state index in [9.17, 15) is 4.79 Å². The third kappa shape index (κ3) is 2.52. The average molecular weight is 193 g/mol. The molecule has 4 heteroatoms. The first-order valence-corrected chi connectivity index (χ1v) is 4.04. The summed E-state index contributed by atoms with van der Waals surface area (Å²) in [5, 5.41) is 20.6. The highest BCUT2D eigenvalue weighted by Gasteiger charge is 2.04. The number of nitrogens with one attached hydrogen (secondary N) is 1. The summed E-state index contributed by atoms with van der Waals surface area (Å²) in [6.07, 6.45) is 1.43. The van der Waals surface area contributed by atoms with Gasteiger partial charge in [0.2, 0.25) is 5.91 Å². The lowest BCUT2D eigenvalue weighted by Gasteiger charge is -2.02. The molecule has 0 heterocycles. The number of carbonyl (C=O) groups is 1. The Balaban J connectivity index is 2.72. The molecular weight excluding hydrogens is 182 g/mol. The summed E-state index contributed by atoms with van der Waals surface area (Å²) in [6, 6.07) is 4.25. The zero-order valence-corrected chi connectivity index (χ0v) is 7.53. The van der Waals surface area contributed by atoms with E-state index in [1.165, 1.54) is 18.3 Å². The van der Waals surface area contributed by atoms with Gasteiger partial charge >= 0.3 is 0 Å². The number of benzene rings is 1. The van der Waals surface area contributed by atoms with Crippen LogP contribution >= 0.6 is 0 Å². The van der Waals surface area contributed by atoms with Crippen LogP contribution in [0.4, 0.5) is 0 Å². The molecule has 1 aromatic carbocycles. The van der Waals surface area contributed by atoms with Gasteiger partial charge in [-0.15, -0.1) is 0 Å². The molecule has 0 fully saturated rings. The first kappa shape index (κ1) is 10.1. The van der Waals surface area contributed by atoms with Gasteiger partial charge in [0.05, 0.1) is 6.42 Å². The number of phenolic OH excluding ortho intramolecular Hbond substituents is 2. The van der Waals surface area contributed by atoms with Gasteiger partial charge in [-0.1, -0.05) is 12.6 Å². The quantitative estimate of drug-likeness (QED) is 0.624. The van der Waals surface area contributed by atoms with E-state index in [2.05, 4.69) is 11.9 Å². The van der Waals surface area contributed by atoms with Gasteiger partial charge in [0.25, 0.3) is 0 Å². The van der Waals surface area contributed by atoms with Crippen molar-refractivity contribution >= 4 is 5.91 Å². The van der Waals surface area contributed by atoms with Crippen LogP contribution in [-0.2, 0) is 11.2 Å². The highest BCUT2D eigenvalue weighted by Crippen LogP contribution is 2.24.